The minimum Gasteiger partial charge on any atom is -0.386 e. The molecule has 0 aliphatic rings. The van der Waals surface area contributed by atoms with Crippen molar-refractivity contribution in [3.8, 4) is 0 Å². The number of rotatable bonds is 5. The average molecular weight is 308 g/mol. The second-order valence-electron chi connectivity index (χ2n) is 4.79. The molecule has 0 bridgehead atoms. The minimum absolute atomic E-state index is 0.0220. The van der Waals surface area contributed by atoms with Gasteiger partial charge in [0, 0.05) is 23.9 Å². The molecule has 22 heavy (non-hydrogen) atoms. The normalized spacial score (nSPS) is 12.0. The predicted octanol–water partition coefficient (Wildman–Crippen LogP) is 3.33. The van der Waals surface area contributed by atoms with Crippen LogP contribution in [0.4, 0.5) is 20.2 Å². The van der Waals surface area contributed by atoms with E-state index in [1.165, 1.54) is 24.3 Å². The molecule has 0 aromatic heterocycles. The summed E-state index contributed by atoms with van der Waals surface area (Å²) in [7, 11) is 0. The minimum atomic E-state index is -1.38. The fraction of sp³-hybridized carbons (Fsp3) is 0.200. The lowest BCUT2D eigenvalue weighted by atomic mass is 10.1. The van der Waals surface area contributed by atoms with E-state index in [1.807, 2.05) is 0 Å². The van der Waals surface area contributed by atoms with Gasteiger partial charge >= 0.3 is 0 Å². The molecule has 1 unspecified atom stereocenters. The molecule has 0 radical (unpaired) electrons. The number of nitrogens with zero attached hydrogens (tertiary/aromatic N) is 1. The Kier molecular flexibility index (Phi) is 4.67. The molecule has 116 valence electrons. The summed E-state index contributed by atoms with van der Waals surface area (Å²) in [6, 6.07) is 7.68. The molecule has 2 rings (SSSR count). The summed E-state index contributed by atoms with van der Waals surface area (Å²) in [5.41, 5.74) is 0.528. The lowest BCUT2D eigenvalue weighted by Crippen LogP contribution is -2.15. The number of anilines is 1. The maximum absolute atomic E-state index is 13.5. The van der Waals surface area contributed by atoms with Crippen molar-refractivity contribution in [1.82, 2.24) is 0 Å². The maximum atomic E-state index is 13.5. The Bertz CT molecular complexity index is 687. The smallest absolute Gasteiger partial charge is 0.272 e. The molecule has 7 heteroatoms. The summed E-state index contributed by atoms with van der Waals surface area (Å²) in [6.07, 6.45) is -1.38. The third kappa shape index (κ3) is 3.37. The van der Waals surface area contributed by atoms with Gasteiger partial charge in [0.25, 0.3) is 5.69 Å². The zero-order valence-corrected chi connectivity index (χ0v) is 11.7. The third-order valence-corrected chi connectivity index (χ3v) is 3.23. The predicted molar refractivity (Wildman–Crippen MR) is 77.6 cm³/mol. The van der Waals surface area contributed by atoms with Crippen molar-refractivity contribution in [3.63, 3.8) is 0 Å². The van der Waals surface area contributed by atoms with Crippen LogP contribution in [0.15, 0.2) is 36.4 Å². The topological polar surface area (TPSA) is 75.4 Å². The molecule has 0 saturated carbocycles. The molecule has 0 spiro atoms. The van der Waals surface area contributed by atoms with Gasteiger partial charge in [-0.05, 0) is 31.2 Å². The first-order chi connectivity index (χ1) is 10.4. The number of hydrogen-bond acceptors (Lipinski definition) is 4. The number of nitro groups is 1. The Morgan fingerprint density at radius 3 is 2.45 bits per heavy atom. The van der Waals surface area contributed by atoms with Crippen molar-refractivity contribution >= 4 is 11.4 Å². The molecule has 0 fully saturated rings. The van der Waals surface area contributed by atoms with E-state index in [4.69, 9.17) is 0 Å². The first-order valence-electron chi connectivity index (χ1n) is 6.51. The third-order valence-electron chi connectivity index (χ3n) is 3.23. The van der Waals surface area contributed by atoms with Crippen molar-refractivity contribution in [2.75, 3.05) is 11.9 Å². The Morgan fingerprint density at radius 1 is 1.27 bits per heavy atom. The molecule has 1 atom stereocenters. The van der Waals surface area contributed by atoms with Crippen molar-refractivity contribution < 1.29 is 18.8 Å². The van der Waals surface area contributed by atoms with Gasteiger partial charge in [-0.2, -0.15) is 0 Å². The van der Waals surface area contributed by atoms with Crippen LogP contribution in [0.1, 0.15) is 17.2 Å². The van der Waals surface area contributed by atoms with Crippen LogP contribution in [0.2, 0.25) is 0 Å². The van der Waals surface area contributed by atoms with Gasteiger partial charge in [-0.1, -0.05) is 6.07 Å². The van der Waals surface area contributed by atoms with E-state index >= 15 is 0 Å². The average Bonchev–Trinajstić information content (AvgIpc) is 2.44. The number of hydrogen-bond donors (Lipinski definition) is 2. The number of nitro benzene ring substituents is 1. The van der Waals surface area contributed by atoms with Gasteiger partial charge in [0.05, 0.1) is 10.5 Å². The molecule has 2 N–H and O–H groups in total. The second kappa shape index (κ2) is 6.48. The Labute approximate surface area is 125 Å². The van der Waals surface area contributed by atoms with Gasteiger partial charge < -0.3 is 10.4 Å². The van der Waals surface area contributed by atoms with Crippen molar-refractivity contribution in [2.24, 2.45) is 0 Å². The van der Waals surface area contributed by atoms with E-state index in [0.717, 1.165) is 12.1 Å². The van der Waals surface area contributed by atoms with Crippen LogP contribution in [0, 0.1) is 28.7 Å². The SMILES string of the molecule is Cc1cc(NCC(O)c2c(F)cccc2F)ccc1[N+](=O)[O-]. The van der Waals surface area contributed by atoms with Crippen LogP contribution in [0.5, 0.6) is 0 Å². The lowest BCUT2D eigenvalue weighted by Gasteiger charge is -2.15. The van der Waals surface area contributed by atoms with Crippen molar-refractivity contribution in [1.29, 1.82) is 0 Å². The standard InChI is InChI=1S/C15H14F2N2O3/c1-9-7-10(5-6-13(9)19(21)22)18-8-14(20)15-11(16)3-2-4-12(15)17/h2-7,14,18,20H,8H2,1H3. The lowest BCUT2D eigenvalue weighted by molar-refractivity contribution is -0.385. The summed E-state index contributed by atoms with van der Waals surface area (Å²) in [6.45, 7) is 1.45. The Balaban J connectivity index is 2.10. The molecule has 0 heterocycles. The number of aliphatic hydroxyl groups excluding tert-OH is 1. The van der Waals surface area contributed by atoms with E-state index in [1.54, 1.807) is 6.92 Å². The van der Waals surface area contributed by atoms with E-state index in [2.05, 4.69) is 5.32 Å². The highest BCUT2D eigenvalue weighted by Crippen LogP contribution is 2.24. The Hall–Kier alpha value is -2.54. The van der Waals surface area contributed by atoms with Crippen molar-refractivity contribution in [2.45, 2.75) is 13.0 Å². The first kappa shape index (κ1) is 15.8. The highest BCUT2D eigenvalue weighted by molar-refractivity contribution is 5.53. The highest BCUT2D eigenvalue weighted by atomic mass is 19.1. The zero-order valence-electron chi connectivity index (χ0n) is 11.7. The van der Waals surface area contributed by atoms with E-state index in [-0.39, 0.29) is 12.2 Å². The van der Waals surface area contributed by atoms with Crippen LogP contribution in [0.25, 0.3) is 0 Å². The highest BCUT2D eigenvalue weighted by Gasteiger charge is 2.18. The van der Waals surface area contributed by atoms with E-state index < -0.39 is 28.2 Å². The maximum Gasteiger partial charge on any atom is 0.272 e. The van der Waals surface area contributed by atoms with Crippen LogP contribution in [0.3, 0.4) is 0 Å². The number of nitrogens with one attached hydrogen (secondary N) is 1. The second-order valence-corrected chi connectivity index (χ2v) is 4.79. The monoisotopic (exact) mass is 308 g/mol. The number of halogens is 2. The number of aryl methyl sites for hydroxylation is 1. The summed E-state index contributed by atoms with van der Waals surface area (Å²) in [5.74, 6) is -1.65. The van der Waals surface area contributed by atoms with Gasteiger partial charge in [0.1, 0.15) is 17.7 Å². The molecule has 2 aromatic carbocycles. The molecule has 0 saturated heterocycles. The molecule has 5 nitrogen and oxygen atoms in total. The summed E-state index contributed by atoms with van der Waals surface area (Å²) < 4.78 is 27.1. The quantitative estimate of drug-likeness (QED) is 0.656. The number of aliphatic hydroxyl groups is 1. The molecule has 0 aliphatic carbocycles. The zero-order chi connectivity index (χ0) is 16.3. The van der Waals surface area contributed by atoms with Crippen LogP contribution in [-0.4, -0.2) is 16.6 Å². The van der Waals surface area contributed by atoms with Gasteiger partial charge in [-0.3, -0.25) is 10.1 Å². The molecule has 2 aromatic rings. The summed E-state index contributed by atoms with van der Waals surface area (Å²) >= 11 is 0. The fourth-order valence-corrected chi connectivity index (χ4v) is 2.12. The van der Waals surface area contributed by atoms with Crippen LogP contribution >= 0.6 is 0 Å². The fourth-order valence-electron chi connectivity index (χ4n) is 2.12. The van der Waals surface area contributed by atoms with Crippen LogP contribution in [-0.2, 0) is 0 Å². The van der Waals surface area contributed by atoms with Crippen molar-refractivity contribution in [3.05, 3.63) is 69.3 Å². The van der Waals surface area contributed by atoms with Gasteiger partial charge in [-0.15, -0.1) is 0 Å². The van der Waals surface area contributed by atoms with Gasteiger partial charge in [0.2, 0.25) is 0 Å². The molecular weight excluding hydrogens is 294 g/mol. The molecule has 0 aliphatic heterocycles. The first-order valence-corrected chi connectivity index (χ1v) is 6.51. The van der Waals surface area contributed by atoms with Gasteiger partial charge in [-0.25, -0.2) is 8.78 Å². The molecular formula is C15H14F2N2O3. The summed E-state index contributed by atoms with van der Waals surface area (Å²) in [4.78, 5) is 10.2. The van der Waals surface area contributed by atoms with E-state index in [0.29, 0.717) is 11.3 Å². The molecule has 0 amide bonds. The van der Waals surface area contributed by atoms with Crippen LogP contribution < -0.4 is 5.32 Å². The van der Waals surface area contributed by atoms with E-state index in [9.17, 15) is 24.0 Å². The number of benzene rings is 2. The summed E-state index contributed by atoms with van der Waals surface area (Å²) in [5, 5.41) is 23.4. The largest absolute Gasteiger partial charge is 0.386 e. The van der Waals surface area contributed by atoms with Gasteiger partial charge in [0.15, 0.2) is 0 Å². The Morgan fingerprint density at radius 2 is 1.91 bits per heavy atom.